The van der Waals surface area contributed by atoms with Crippen LogP contribution in [0.5, 0.6) is 0 Å². The molecule has 0 bridgehead atoms. The van der Waals surface area contributed by atoms with Gasteiger partial charge in [-0.1, -0.05) is 11.6 Å². The molecule has 1 aromatic carbocycles. The molecule has 1 aliphatic rings. The van der Waals surface area contributed by atoms with Crippen LogP contribution in [-0.2, 0) is 4.79 Å². The Morgan fingerprint density at radius 1 is 1.33 bits per heavy atom. The number of hydrogen-bond acceptors (Lipinski definition) is 3. The van der Waals surface area contributed by atoms with Crippen molar-refractivity contribution in [2.75, 3.05) is 32.5 Å². The second kappa shape index (κ2) is 6.91. The minimum absolute atomic E-state index is 0.124. The number of anilines is 1. The normalized spacial score (nSPS) is 13.9. The smallest absolute Gasteiger partial charge is 0.254 e. The van der Waals surface area contributed by atoms with E-state index in [4.69, 9.17) is 11.6 Å². The van der Waals surface area contributed by atoms with E-state index in [1.165, 1.54) is 17.7 Å². The molecule has 2 amide bonds. The standard InChI is InChI=1S/C15H20ClN3O2/c1-19(2)15(21)12-7-11(5-6-13(12)16)18-14(20)9-17-8-10-3-4-10/h5-7,10,17H,3-4,8-9H2,1-2H3,(H,18,20). The van der Waals surface area contributed by atoms with Gasteiger partial charge in [-0.2, -0.15) is 0 Å². The minimum Gasteiger partial charge on any atom is -0.345 e. The van der Waals surface area contributed by atoms with Crippen LogP contribution in [0.1, 0.15) is 23.2 Å². The fraction of sp³-hybridized carbons (Fsp3) is 0.467. The number of halogens is 1. The molecule has 1 fully saturated rings. The summed E-state index contributed by atoms with van der Waals surface area (Å²) in [5, 5.41) is 6.26. The largest absolute Gasteiger partial charge is 0.345 e. The second-order valence-corrected chi connectivity index (χ2v) is 5.92. The van der Waals surface area contributed by atoms with Gasteiger partial charge in [0.05, 0.1) is 17.1 Å². The van der Waals surface area contributed by atoms with Crippen LogP contribution in [0.15, 0.2) is 18.2 Å². The van der Waals surface area contributed by atoms with Gasteiger partial charge in [0.2, 0.25) is 5.91 Å². The molecule has 0 atom stereocenters. The first-order valence-corrected chi connectivity index (χ1v) is 7.37. The van der Waals surface area contributed by atoms with Crippen molar-refractivity contribution in [2.45, 2.75) is 12.8 Å². The average molecular weight is 310 g/mol. The molecule has 21 heavy (non-hydrogen) atoms. The molecule has 5 nitrogen and oxygen atoms in total. The molecule has 1 aliphatic carbocycles. The summed E-state index contributed by atoms with van der Waals surface area (Å²) in [5.41, 5.74) is 0.952. The fourth-order valence-electron chi connectivity index (χ4n) is 1.92. The van der Waals surface area contributed by atoms with E-state index < -0.39 is 0 Å². The summed E-state index contributed by atoms with van der Waals surface area (Å²) >= 11 is 6.02. The molecular weight excluding hydrogens is 290 g/mol. The van der Waals surface area contributed by atoms with Crippen LogP contribution in [0.3, 0.4) is 0 Å². The fourth-order valence-corrected chi connectivity index (χ4v) is 2.12. The van der Waals surface area contributed by atoms with Gasteiger partial charge < -0.3 is 15.5 Å². The number of hydrogen-bond donors (Lipinski definition) is 2. The highest BCUT2D eigenvalue weighted by Crippen LogP contribution is 2.27. The Balaban J connectivity index is 1.94. The van der Waals surface area contributed by atoms with Gasteiger partial charge in [-0.3, -0.25) is 9.59 Å². The Morgan fingerprint density at radius 2 is 2.05 bits per heavy atom. The van der Waals surface area contributed by atoms with Gasteiger partial charge in [-0.05, 0) is 43.5 Å². The molecule has 1 saturated carbocycles. The number of carbonyl (C=O) groups excluding carboxylic acids is 2. The zero-order chi connectivity index (χ0) is 15.4. The lowest BCUT2D eigenvalue weighted by atomic mass is 10.1. The molecule has 0 aliphatic heterocycles. The summed E-state index contributed by atoms with van der Waals surface area (Å²) in [6.07, 6.45) is 2.50. The number of benzene rings is 1. The third-order valence-corrected chi connectivity index (χ3v) is 3.63. The lowest BCUT2D eigenvalue weighted by Crippen LogP contribution is -2.29. The lowest BCUT2D eigenvalue weighted by molar-refractivity contribution is -0.115. The maximum Gasteiger partial charge on any atom is 0.254 e. The molecule has 0 aromatic heterocycles. The number of nitrogens with one attached hydrogen (secondary N) is 2. The van der Waals surface area contributed by atoms with E-state index in [1.807, 2.05) is 0 Å². The summed E-state index contributed by atoms with van der Waals surface area (Å²) in [5.74, 6) is 0.418. The summed E-state index contributed by atoms with van der Waals surface area (Å²) in [4.78, 5) is 25.2. The molecule has 0 saturated heterocycles. The molecule has 0 spiro atoms. The van der Waals surface area contributed by atoms with Crippen LogP contribution in [0.4, 0.5) is 5.69 Å². The van der Waals surface area contributed by atoms with Gasteiger partial charge in [0, 0.05) is 19.8 Å². The van der Waals surface area contributed by atoms with Gasteiger partial charge in [0.25, 0.3) is 5.91 Å². The number of amides is 2. The van der Waals surface area contributed by atoms with E-state index >= 15 is 0 Å². The molecule has 6 heteroatoms. The zero-order valence-electron chi connectivity index (χ0n) is 12.3. The second-order valence-electron chi connectivity index (χ2n) is 5.52. The topological polar surface area (TPSA) is 61.4 Å². The number of carbonyl (C=O) groups is 2. The first-order chi connectivity index (χ1) is 9.97. The van der Waals surface area contributed by atoms with Crippen molar-refractivity contribution in [2.24, 2.45) is 5.92 Å². The molecule has 0 heterocycles. The van der Waals surface area contributed by atoms with E-state index in [0.29, 0.717) is 16.3 Å². The maximum atomic E-state index is 12.0. The highest BCUT2D eigenvalue weighted by molar-refractivity contribution is 6.34. The molecular formula is C15H20ClN3O2. The molecule has 2 N–H and O–H groups in total. The summed E-state index contributed by atoms with van der Waals surface area (Å²) in [7, 11) is 3.32. The predicted molar refractivity (Wildman–Crippen MR) is 83.7 cm³/mol. The van der Waals surface area contributed by atoms with Crippen LogP contribution in [0.2, 0.25) is 5.02 Å². The van der Waals surface area contributed by atoms with E-state index in [9.17, 15) is 9.59 Å². The molecule has 0 radical (unpaired) electrons. The Morgan fingerprint density at radius 3 is 2.67 bits per heavy atom. The number of nitrogens with zero attached hydrogens (tertiary/aromatic N) is 1. The minimum atomic E-state index is -0.192. The van der Waals surface area contributed by atoms with Crippen molar-refractivity contribution in [3.05, 3.63) is 28.8 Å². The van der Waals surface area contributed by atoms with E-state index in [0.717, 1.165) is 12.5 Å². The quantitative estimate of drug-likeness (QED) is 0.844. The van der Waals surface area contributed by atoms with Gasteiger partial charge in [-0.25, -0.2) is 0 Å². The molecule has 114 valence electrons. The SMILES string of the molecule is CN(C)C(=O)c1cc(NC(=O)CNCC2CC2)ccc1Cl. The van der Waals surface area contributed by atoms with Crippen molar-refractivity contribution >= 4 is 29.1 Å². The summed E-state index contributed by atoms with van der Waals surface area (Å²) < 4.78 is 0. The van der Waals surface area contributed by atoms with Gasteiger partial charge in [0.15, 0.2) is 0 Å². The van der Waals surface area contributed by atoms with Crippen molar-refractivity contribution in [3.8, 4) is 0 Å². The van der Waals surface area contributed by atoms with Crippen LogP contribution in [0, 0.1) is 5.92 Å². The average Bonchev–Trinajstić information content (AvgIpc) is 3.24. The summed E-state index contributed by atoms with van der Waals surface area (Å²) in [6, 6.07) is 4.91. The van der Waals surface area contributed by atoms with Crippen LogP contribution in [0.25, 0.3) is 0 Å². The van der Waals surface area contributed by atoms with Crippen molar-refractivity contribution in [1.82, 2.24) is 10.2 Å². The van der Waals surface area contributed by atoms with Crippen LogP contribution in [-0.4, -0.2) is 43.9 Å². The summed E-state index contributed by atoms with van der Waals surface area (Å²) in [6.45, 7) is 1.16. The zero-order valence-corrected chi connectivity index (χ0v) is 13.0. The Labute approximate surface area is 129 Å². The highest BCUT2D eigenvalue weighted by Gasteiger charge is 2.20. The lowest BCUT2D eigenvalue weighted by Gasteiger charge is -2.13. The monoisotopic (exact) mass is 309 g/mol. The van der Waals surface area contributed by atoms with Crippen molar-refractivity contribution < 1.29 is 9.59 Å². The first kappa shape index (κ1) is 15.8. The van der Waals surface area contributed by atoms with E-state index in [1.54, 1.807) is 32.3 Å². The molecule has 0 unspecified atom stereocenters. The Kier molecular flexibility index (Phi) is 5.20. The first-order valence-electron chi connectivity index (χ1n) is 6.99. The highest BCUT2D eigenvalue weighted by atomic mass is 35.5. The van der Waals surface area contributed by atoms with Crippen LogP contribution < -0.4 is 10.6 Å². The van der Waals surface area contributed by atoms with Crippen molar-refractivity contribution in [1.29, 1.82) is 0 Å². The van der Waals surface area contributed by atoms with Gasteiger partial charge >= 0.3 is 0 Å². The number of rotatable bonds is 6. The van der Waals surface area contributed by atoms with Gasteiger partial charge in [0.1, 0.15) is 0 Å². The third-order valence-electron chi connectivity index (χ3n) is 3.30. The Bertz CT molecular complexity index is 542. The third kappa shape index (κ3) is 4.72. The van der Waals surface area contributed by atoms with Crippen LogP contribution >= 0.6 is 11.6 Å². The molecule has 1 aromatic rings. The van der Waals surface area contributed by atoms with Crippen molar-refractivity contribution in [3.63, 3.8) is 0 Å². The van der Waals surface area contributed by atoms with E-state index in [2.05, 4.69) is 10.6 Å². The Hall–Kier alpha value is -1.59. The van der Waals surface area contributed by atoms with Gasteiger partial charge in [-0.15, -0.1) is 0 Å². The predicted octanol–water partition coefficient (Wildman–Crippen LogP) is 1.98. The van der Waals surface area contributed by atoms with E-state index in [-0.39, 0.29) is 18.4 Å². The molecule has 2 rings (SSSR count). The maximum absolute atomic E-state index is 12.0.